The van der Waals surface area contributed by atoms with Gasteiger partial charge in [0, 0.05) is 25.2 Å². The van der Waals surface area contributed by atoms with Crippen LogP contribution in [0.15, 0.2) is 12.1 Å². The summed E-state index contributed by atoms with van der Waals surface area (Å²) < 4.78 is 84.0. The highest BCUT2D eigenvalue weighted by atomic mass is 32.2. The van der Waals surface area contributed by atoms with Gasteiger partial charge < -0.3 is 20.1 Å². The Morgan fingerprint density at radius 3 is 2.50 bits per heavy atom. The molecule has 2 aliphatic heterocycles. The molecule has 190 valence electrons. The minimum Gasteiger partial charge on any atom is -0.442 e. The quantitative estimate of drug-likeness (QED) is 0.466. The molecule has 2 fully saturated rings. The number of aliphatic hydroxyl groups excluding tert-OH is 1. The van der Waals surface area contributed by atoms with Crippen molar-refractivity contribution < 1.29 is 50.2 Å². The molecule has 16 heteroatoms. The summed E-state index contributed by atoms with van der Waals surface area (Å²) in [6.07, 6.45) is -5.22. The Morgan fingerprint density at radius 2 is 1.88 bits per heavy atom. The largest absolute Gasteiger partial charge is 0.442 e. The zero-order valence-corrected chi connectivity index (χ0v) is 18.4. The summed E-state index contributed by atoms with van der Waals surface area (Å²) in [6, 6.07) is 1.76. The Morgan fingerprint density at radius 1 is 1.21 bits per heavy atom. The fraction of sp³-hybridized carbons (Fsp3) is 0.556. The van der Waals surface area contributed by atoms with E-state index in [1.807, 2.05) is 5.32 Å². The Balaban J connectivity index is 1.70. The number of nitrogens with one attached hydrogen (secondary N) is 1. The maximum atomic E-state index is 14.9. The predicted molar refractivity (Wildman–Crippen MR) is 109 cm³/mol. The third-order valence-electron chi connectivity index (χ3n) is 5.01. The second-order valence-electron chi connectivity index (χ2n) is 7.31. The molecule has 34 heavy (non-hydrogen) atoms. The molecule has 0 saturated carbocycles. The average Bonchev–Trinajstić information content (AvgIpc) is 2.95. The van der Waals surface area contributed by atoms with Crippen molar-refractivity contribution in [2.45, 2.75) is 12.5 Å². The van der Waals surface area contributed by atoms with E-state index in [1.165, 1.54) is 4.90 Å². The number of hydrogen-bond donors (Lipinski definition) is 2. The van der Waals surface area contributed by atoms with Crippen molar-refractivity contribution >= 4 is 33.4 Å². The van der Waals surface area contributed by atoms with Gasteiger partial charge in [0.1, 0.15) is 11.8 Å². The van der Waals surface area contributed by atoms with Crippen LogP contribution in [0.5, 0.6) is 0 Å². The lowest BCUT2D eigenvalue weighted by Gasteiger charge is -2.24. The molecular formula is C18H22F4N4O7S. The maximum absolute atomic E-state index is 14.9. The molecule has 1 atom stereocenters. The number of carbonyl (C=O) groups excluding carboxylic acids is 2. The van der Waals surface area contributed by atoms with Gasteiger partial charge in [0.15, 0.2) is 11.6 Å². The molecule has 2 saturated heterocycles. The highest BCUT2D eigenvalue weighted by molar-refractivity contribution is 7.88. The summed E-state index contributed by atoms with van der Waals surface area (Å²) in [4.78, 5) is 30.3. The highest BCUT2D eigenvalue weighted by Crippen LogP contribution is 2.31. The second kappa shape index (κ2) is 10.7. The molecule has 0 bridgehead atoms. The first kappa shape index (κ1) is 25.9. The molecule has 1 aromatic rings. The summed E-state index contributed by atoms with van der Waals surface area (Å²) >= 11 is 0. The van der Waals surface area contributed by atoms with Crippen LogP contribution in [0.4, 0.5) is 33.7 Å². The van der Waals surface area contributed by atoms with Crippen molar-refractivity contribution in [3.05, 3.63) is 23.8 Å². The fourth-order valence-electron chi connectivity index (χ4n) is 3.43. The molecule has 2 heterocycles. The first-order chi connectivity index (χ1) is 16.0. The molecule has 0 radical (unpaired) electrons. The zero-order chi connectivity index (χ0) is 25.0. The molecule has 11 nitrogen and oxygen atoms in total. The SMILES string of the molecule is O=C(NC[C@H]1CN(c2cc(F)c(N3CCON(S(=O)(=O)CCO)CC3)c(F)c2)C(=O)O1)C(F)F. The number of hydrogen-bond acceptors (Lipinski definition) is 8. The van der Waals surface area contributed by atoms with E-state index in [-0.39, 0.29) is 38.5 Å². The minimum atomic E-state index is -3.91. The molecule has 1 aromatic carbocycles. The molecule has 2 N–H and O–H groups in total. The van der Waals surface area contributed by atoms with Gasteiger partial charge in [-0.3, -0.25) is 14.5 Å². The van der Waals surface area contributed by atoms with Gasteiger partial charge in [-0.15, -0.1) is 0 Å². The van der Waals surface area contributed by atoms with Crippen LogP contribution in [-0.2, 0) is 24.4 Å². The summed E-state index contributed by atoms with van der Waals surface area (Å²) in [6.45, 7) is -1.86. The van der Waals surface area contributed by atoms with Gasteiger partial charge in [-0.05, 0) is 0 Å². The zero-order valence-electron chi connectivity index (χ0n) is 17.6. The van der Waals surface area contributed by atoms with Gasteiger partial charge in [-0.1, -0.05) is 4.47 Å². The third kappa shape index (κ3) is 5.86. The van der Waals surface area contributed by atoms with Crippen LogP contribution in [-0.4, -0.2) is 94.2 Å². The molecule has 2 amide bonds. The van der Waals surface area contributed by atoms with Gasteiger partial charge in [-0.25, -0.2) is 22.0 Å². The Bertz CT molecular complexity index is 1010. The van der Waals surface area contributed by atoms with Gasteiger partial charge in [-0.2, -0.15) is 8.78 Å². The van der Waals surface area contributed by atoms with Gasteiger partial charge >= 0.3 is 12.5 Å². The van der Waals surface area contributed by atoms with Crippen LogP contribution < -0.4 is 15.1 Å². The average molecular weight is 514 g/mol. The Hall–Kier alpha value is -2.69. The normalized spacial score (nSPS) is 19.9. The number of benzene rings is 1. The molecular weight excluding hydrogens is 492 g/mol. The summed E-state index contributed by atoms with van der Waals surface area (Å²) in [5.41, 5.74) is -0.647. The number of carbonyl (C=O) groups is 2. The molecule has 0 spiro atoms. The number of halogens is 4. The predicted octanol–water partition coefficient (Wildman–Crippen LogP) is 0.0470. The fourth-order valence-corrected chi connectivity index (χ4v) is 4.46. The number of ether oxygens (including phenoxy) is 1. The summed E-state index contributed by atoms with van der Waals surface area (Å²) in [7, 11) is -3.91. The van der Waals surface area contributed by atoms with Crippen molar-refractivity contribution in [2.24, 2.45) is 0 Å². The van der Waals surface area contributed by atoms with Crippen LogP contribution in [0.3, 0.4) is 0 Å². The van der Waals surface area contributed by atoms with Crippen molar-refractivity contribution in [3.63, 3.8) is 0 Å². The van der Waals surface area contributed by atoms with Gasteiger partial charge in [0.25, 0.3) is 5.91 Å². The highest BCUT2D eigenvalue weighted by Gasteiger charge is 2.35. The van der Waals surface area contributed by atoms with Crippen molar-refractivity contribution in [3.8, 4) is 0 Å². The lowest BCUT2D eigenvalue weighted by Crippen LogP contribution is -2.37. The van der Waals surface area contributed by atoms with E-state index < -0.39 is 70.8 Å². The number of nitrogens with zero attached hydrogens (tertiary/aromatic N) is 3. The van der Waals surface area contributed by atoms with Crippen molar-refractivity contribution in [2.75, 3.05) is 61.5 Å². The smallest absolute Gasteiger partial charge is 0.414 e. The minimum absolute atomic E-state index is 0.0456. The van der Waals surface area contributed by atoms with E-state index in [0.29, 0.717) is 4.47 Å². The van der Waals surface area contributed by atoms with Crippen LogP contribution in [0.2, 0.25) is 0 Å². The molecule has 0 aliphatic carbocycles. The standard InChI is InChI=1S/C18H22F4N4O7S/c19-13-7-11(25-10-12(33-18(25)29)9-23-17(28)16(21)22)8-14(20)15(13)24-1-2-26(32-5-3-24)34(30,31)6-4-27/h7-8,12,16,27H,1-6,9-10H2,(H,23,28)/t12-/m0/s1. The molecule has 2 aliphatic rings. The Kier molecular flexibility index (Phi) is 8.17. The number of alkyl halides is 2. The number of cyclic esters (lactones) is 1. The van der Waals surface area contributed by atoms with Crippen molar-refractivity contribution in [1.29, 1.82) is 0 Å². The van der Waals surface area contributed by atoms with E-state index >= 15 is 0 Å². The molecule has 0 unspecified atom stereocenters. The first-order valence-corrected chi connectivity index (χ1v) is 11.7. The third-order valence-corrected chi connectivity index (χ3v) is 6.62. The number of aliphatic hydroxyl groups is 1. The van der Waals surface area contributed by atoms with E-state index in [1.54, 1.807) is 0 Å². The van der Waals surface area contributed by atoms with Crippen LogP contribution in [0.1, 0.15) is 0 Å². The first-order valence-electron chi connectivity index (χ1n) is 10.1. The number of anilines is 2. The Labute approximate surface area is 191 Å². The summed E-state index contributed by atoms with van der Waals surface area (Å²) in [5.74, 6) is -4.18. The maximum Gasteiger partial charge on any atom is 0.414 e. The molecule has 0 aromatic heterocycles. The van der Waals surface area contributed by atoms with Crippen LogP contribution in [0.25, 0.3) is 0 Å². The monoisotopic (exact) mass is 514 g/mol. The number of rotatable bonds is 8. The second-order valence-corrected chi connectivity index (χ2v) is 9.29. The lowest BCUT2D eigenvalue weighted by molar-refractivity contribution is -0.132. The lowest BCUT2D eigenvalue weighted by atomic mass is 10.2. The van der Waals surface area contributed by atoms with E-state index in [4.69, 9.17) is 14.7 Å². The van der Waals surface area contributed by atoms with Gasteiger partial charge in [0.05, 0.1) is 44.3 Å². The summed E-state index contributed by atoms with van der Waals surface area (Å²) in [5, 5.41) is 10.8. The van der Waals surface area contributed by atoms with Crippen LogP contribution >= 0.6 is 0 Å². The number of amides is 2. The van der Waals surface area contributed by atoms with E-state index in [2.05, 4.69) is 0 Å². The van der Waals surface area contributed by atoms with E-state index in [9.17, 15) is 35.6 Å². The van der Waals surface area contributed by atoms with Gasteiger partial charge in [0.2, 0.25) is 10.0 Å². The molecule has 3 rings (SSSR count). The number of hydroxylamine groups is 1. The van der Waals surface area contributed by atoms with E-state index in [0.717, 1.165) is 17.0 Å². The van der Waals surface area contributed by atoms with Crippen LogP contribution in [0, 0.1) is 11.6 Å². The topological polar surface area (TPSA) is 129 Å². The van der Waals surface area contributed by atoms with Crippen molar-refractivity contribution in [1.82, 2.24) is 9.79 Å². The number of sulfonamides is 1.